The lowest BCUT2D eigenvalue weighted by atomic mass is 9.89. The number of fused-ring (bicyclic) bond motifs is 1. The molecule has 3 N–H and O–H groups in total. The highest BCUT2D eigenvalue weighted by Gasteiger charge is 2.25. The molecule has 1 aromatic carbocycles. The smallest absolute Gasteiger partial charge is 0.252 e. The number of hydrogen-bond donors (Lipinski definition) is 2. The van der Waals surface area contributed by atoms with E-state index in [1.807, 2.05) is 12.1 Å². The number of H-pyrrole nitrogens is 1. The van der Waals surface area contributed by atoms with E-state index in [0.717, 1.165) is 42.9 Å². The Bertz CT molecular complexity index is 942. The molecule has 134 valence electrons. The van der Waals surface area contributed by atoms with Gasteiger partial charge in [-0.15, -0.1) is 0 Å². The Balaban J connectivity index is 1.55. The van der Waals surface area contributed by atoms with E-state index in [4.69, 9.17) is 10.5 Å². The Kier molecular flexibility index (Phi) is 4.24. The van der Waals surface area contributed by atoms with Crippen LogP contribution in [-0.2, 0) is 0 Å². The molecule has 3 heterocycles. The number of nitrogens with two attached hydrogens (primary N) is 1. The van der Waals surface area contributed by atoms with E-state index in [-0.39, 0.29) is 0 Å². The third-order valence-electron chi connectivity index (χ3n) is 5.26. The van der Waals surface area contributed by atoms with Gasteiger partial charge in [-0.25, -0.2) is 0 Å². The van der Waals surface area contributed by atoms with Gasteiger partial charge in [-0.2, -0.15) is 0 Å². The first kappa shape index (κ1) is 16.4. The molecule has 0 saturated carbocycles. The van der Waals surface area contributed by atoms with Crippen molar-refractivity contribution in [1.82, 2.24) is 9.97 Å². The molecule has 0 unspecified atom stereocenters. The summed E-state index contributed by atoms with van der Waals surface area (Å²) in [6.45, 7) is 1.76. The summed E-state index contributed by atoms with van der Waals surface area (Å²) in [6, 6.07) is 8.00. The number of nitrogens with one attached hydrogen (secondary N) is 1. The summed E-state index contributed by atoms with van der Waals surface area (Å²) >= 11 is 0. The average molecular weight is 350 g/mol. The van der Waals surface area contributed by atoms with Crippen LogP contribution in [0.3, 0.4) is 0 Å². The number of methoxy groups -OCH3 is 1. The van der Waals surface area contributed by atoms with E-state index in [1.54, 1.807) is 19.5 Å². The number of hydrogen-bond acceptors (Lipinski definition) is 4. The van der Waals surface area contributed by atoms with Crippen LogP contribution >= 0.6 is 0 Å². The molecule has 3 aromatic rings. The lowest BCUT2D eigenvalue weighted by Gasteiger charge is -2.34. The van der Waals surface area contributed by atoms with Gasteiger partial charge in [0, 0.05) is 42.6 Å². The van der Waals surface area contributed by atoms with Gasteiger partial charge in [-0.05, 0) is 48.6 Å². The molecular formula is C20H22N4O2. The normalized spacial score (nSPS) is 15.3. The zero-order valence-corrected chi connectivity index (χ0v) is 14.7. The Labute approximate surface area is 152 Å². The van der Waals surface area contributed by atoms with Gasteiger partial charge < -0.3 is 20.4 Å². The fraction of sp³-hybridized carbons (Fsp3) is 0.300. The van der Waals surface area contributed by atoms with Crippen molar-refractivity contribution in [1.29, 1.82) is 0 Å². The highest BCUT2D eigenvalue weighted by molar-refractivity contribution is 5.98. The van der Waals surface area contributed by atoms with Crippen molar-refractivity contribution in [2.24, 2.45) is 5.73 Å². The number of pyridine rings is 1. The molecule has 1 aliphatic rings. The van der Waals surface area contributed by atoms with Gasteiger partial charge in [0.2, 0.25) is 0 Å². The molecule has 0 bridgehead atoms. The molecule has 0 aliphatic carbocycles. The van der Waals surface area contributed by atoms with Crippen molar-refractivity contribution < 1.29 is 9.53 Å². The number of benzene rings is 1. The van der Waals surface area contributed by atoms with E-state index in [0.29, 0.717) is 11.5 Å². The fourth-order valence-corrected chi connectivity index (χ4v) is 3.87. The van der Waals surface area contributed by atoms with E-state index in [2.05, 4.69) is 33.2 Å². The topological polar surface area (TPSA) is 84.2 Å². The Morgan fingerprint density at radius 3 is 2.85 bits per heavy atom. The minimum atomic E-state index is -0.432. The largest absolute Gasteiger partial charge is 0.497 e. The molecule has 4 rings (SSSR count). The number of primary amides is 1. The minimum Gasteiger partial charge on any atom is -0.497 e. The van der Waals surface area contributed by atoms with Crippen molar-refractivity contribution in [3.8, 4) is 5.75 Å². The predicted octanol–water partition coefficient (Wildman–Crippen LogP) is 3.05. The van der Waals surface area contributed by atoms with Crippen LogP contribution in [0.5, 0.6) is 5.75 Å². The first-order chi connectivity index (χ1) is 12.7. The molecule has 0 spiro atoms. The van der Waals surface area contributed by atoms with E-state index in [9.17, 15) is 4.79 Å². The first-order valence-electron chi connectivity index (χ1n) is 8.81. The molecule has 6 nitrogen and oxygen atoms in total. The number of ether oxygens (including phenoxy) is 1. The number of amides is 1. The van der Waals surface area contributed by atoms with E-state index < -0.39 is 5.91 Å². The fourth-order valence-electron chi connectivity index (χ4n) is 3.87. The lowest BCUT2D eigenvalue weighted by Crippen LogP contribution is -2.34. The van der Waals surface area contributed by atoms with Crippen LogP contribution in [-0.4, -0.2) is 36.1 Å². The maximum atomic E-state index is 11.7. The summed E-state index contributed by atoms with van der Waals surface area (Å²) in [4.78, 5) is 21.3. The van der Waals surface area contributed by atoms with Crippen LogP contribution in [0, 0.1) is 0 Å². The van der Waals surface area contributed by atoms with Gasteiger partial charge in [0.1, 0.15) is 5.75 Å². The summed E-state index contributed by atoms with van der Waals surface area (Å²) in [6.07, 6.45) is 7.41. The van der Waals surface area contributed by atoms with Crippen LogP contribution in [0.15, 0.2) is 42.9 Å². The van der Waals surface area contributed by atoms with Gasteiger partial charge in [0.25, 0.3) is 5.91 Å². The Morgan fingerprint density at radius 2 is 2.12 bits per heavy atom. The van der Waals surface area contributed by atoms with Crippen molar-refractivity contribution in [3.63, 3.8) is 0 Å². The minimum absolute atomic E-state index is 0.432. The Hall–Kier alpha value is -3.02. The number of carbonyl (C=O) groups is 1. The number of carbonyl (C=O) groups excluding carboxylic acids is 1. The van der Waals surface area contributed by atoms with Gasteiger partial charge >= 0.3 is 0 Å². The number of aromatic amines is 1. The summed E-state index contributed by atoms with van der Waals surface area (Å²) < 4.78 is 5.37. The number of anilines is 1. The quantitative estimate of drug-likeness (QED) is 0.757. The second-order valence-electron chi connectivity index (χ2n) is 6.67. The van der Waals surface area contributed by atoms with Gasteiger partial charge in [0.15, 0.2) is 0 Å². The molecule has 1 aliphatic heterocycles. The Morgan fingerprint density at radius 1 is 1.31 bits per heavy atom. The summed E-state index contributed by atoms with van der Waals surface area (Å²) in [5.74, 6) is 0.920. The van der Waals surface area contributed by atoms with Crippen molar-refractivity contribution in [2.45, 2.75) is 18.8 Å². The average Bonchev–Trinajstić information content (AvgIpc) is 3.11. The second kappa shape index (κ2) is 6.71. The summed E-state index contributed by atoms with van der Waals surface area (Å²) in [7, 11) is 1.69. The number of piperidine rings is 1. The lowest BCUT2D eigenvalue weighted by molar-refractivity contribution is 0.100. The van der Waals surface area contributed by atoms with E-state index in [1.165, 1.54) is 10.9 Å². The molecule has 1 amide bonds. The van der Waals surface area contributed by atoms with E-state index >= 15 is 0 Å². The number of rotatable bonds is 4. The molecule has 1 fully saturated rings. The number of aromatic nitrogens is 2. The third-order valence-corrected chi connectivity index (χ3v) is 5.26. The summed E-state index contributed by atoms with van der Waals surface area (Å²) in [5.41, 5.74) is 9.33. The van der Waals surface area contributed by atoms with Gasteiger partial charge in [-0.3, -0.25) is 9.78 Å². The van der Waals surface area contributed by atoms with Crippen molar-refractivity contribution >= 4 is 22.5 Å². The molecular weight excluding hydrogens is 328 g/mol. The van der Waals surface area contributed by atoms with Crippen LogP contribution in [0.25, 0.3) is 10.9 Å². The maximum Gasteiger partial charge on any atom is 0.252 e. The van der Waals surface area contributed by atoms with Crippen LogP contribution < -0.4 is 15.4 Å². The van der Waals surface area contributed by atoms with Crippen LogP contribution in [0.2, 0.25) is 0 Å². The molecule has 0 atom stereocenters. The number of nitrogens with zero attached hydrogens (tertiary/aromatic N) is 2. The zero-order valence-electron chi connectivity index (χ0n) is 14.7. The van der Waals surface area contributed by atoms with Gasteiger partial charge in [0.05, 0.1) is 18.4 Å². The highest BCUT2D eigenvalue weighted by Crippen LogP contribution is 2.36. The first-order valence-corrected chi connectivity index (χ1v) is 8.81. The third kappa shape index (κ3) is 2.87. The van der Waals surface area contributed by atoms with Crippen LogP contribution in [0.4, 0.5) is 5.69 Å². The molecule has 6 heteroatoms. The maximum absolute atomic E-state index is 11.7. The standard InChI is InChI=1S/C20H22N4O2/c1-26-14-2-3-18-15(10-14)16(12-23-18)13-5-8-24(9-6-13)19-4-7-22-11-17(19)20(21)25/h2-4,7,10-13,23H,5-6,8-9H2,1H3,(H2,21,25). The monoisotopic (exact) mass is 350 g/mol. The van der Waals surface area contributed by atoms with Crippen LogP contribution in [0.1, 0.15) is 34.7 Å². The predicted molar refractivity (Wildman–Crippen MR) is 102 cm³/mol. The van der Waals surface area contributed by atoms with Crippen molar-refractivity contribution in [3.05, 3.63) is 54.0 Å². The molecule has 0 radical (unpaired) electrons. The molecule has 2 aromatic heterocycles. The molecule has 1 saturated heterocycles. The summed E-state index contributed by atoms with van der Waals surface area (Å²) in [5, 5.41) is 1.23. The second-order valence-corrected chi connectivity index (χ2v) is 6.67. The zero-order chi connectivity index (χ0) is 18.1. The molecule has 26 heavy (non-hydrogen) atoms. The highest BCUT2D eigenvalue weighted by atomic mass is 16.5. The van der Waals surface area contributed by atoms with Gasteiger partial charge in [-0.1, -0.05) is 0 Å². The van der Waals surface area contributed by atoms with Crippen molar-refractivity contribution in [2.75, 3.05) is 25.1 Å². The SMILES string of the molecule is COc1ccc2[nH]cc(C3CCN(c4ccncc4C(N)=O)CC3)c2c1.